The minimum absolute atomic E-state index is 0.0734. The van der Waals surface area contributed by atoms with E-state index in [4.69, 9.17) is 4.74 Å². The topological polar surface area (TPSA) is 31.4 Å². The van der Waals surface area contributed by atoms with Crippen LogP contribution in [-0.2, 0) is 17.0 Å². The number of rotatable bonds is 6. The van der Waals surface area contributed by atoms with Crippen molar-refractivity contribution in [3.8, 4) is 5.75 Å². The molecule has 2 atom stereocenters. The van der Waals surface area contributed by atoms with E-state index in [1.807, 2.05) is 6.08 Å². The Labute approximate surface area is 224 Å². The molecule has 0 amide bonds. The van der Waals surface area contributed by atoms with Crippen molar-refractivity contribution in [1.82, 2.24) is 4.98 Å². The second-order valence-electron chi connectivity index (χ2n) is 10.2. The van der Waals surface area contributed by atoms with E-state index in [0.717, 1.165) is 31.2 Å². The van der Waals surface area contributed by atoms with Gasteiger partial charge in [0.2, 0.25) is 5.01 Å². The lowest BCUT2D eigenvalue weighted by Gasteiger charge is -2.37. The van der Waals surface area contributed by atoms with Crippen LogP contribution < -0.4 is 4.74 Å². The number of ether oxygens (including phenoxy) is 2. The summed E-state index contributed by atoms with van der Waals surface area (Å²) in [5, 5.41) is -0.796. The van der Waals surface area contributed by atoms with Gasteiger partial charge in [-0.3, -0.25) is 0 Å². The highest BCUT2D eigenvalue weighted by molar-refractivity contribution is 7.18. The summed E-state index contributed by atoms with van der Waals surface area (Å²) in [6.45, 7) is 4.54. The summed E-state index contributed by atoms with van der Waals surface area (Å²) < 4.78 is 107. The first-order valence-corrected chi connectivity index (χ1v) is 13.5. The van der Waals surface area contributed by atoms with E-state index in [2.05, 4.69) is 16.3 Å². The molecule has 2 aromatic carbocycles. The monoisotopic (exact) mass is 573 g/mol. The molecule has 2 heterocycles. The normalized spacial score (nSPS) is 24.6. The van der Waals surface area contributed by atoms with E-state index < -0.39 is 40.2 Å². The summed E-state index contributed by atoms with van der Waals surface area (Å²) in [5.74, 6) is -3.46. The lowest BCUT2D eigenvalue weighted by molar-refractivity contribution is -0.185. The smallest absolute Gasteiger partial charge is 0.427 e. The molecule has 1 saturated heterocycles. The van der Waals surface area contributed by atoms with Crippen LogP contribution in [0.2, 0.25) is 0 Å². The van der Waals surface area contributed by atoms with Gasteiger partial charge in [-0.1, -0.05) is 12.1 Å². The maximum absolute atomic E-state index is 14.8. The predicted molar refractivity (Wildman–Crippen MR) is 133 cm³/mol. The lowest BCUT2D eigenvalue weighted by atomic mass is 9.73. The first-order chi connectivity index (χ1) is 18.4. The minimum Gasteiger partial charge on any atom is -0.427 e. The van der Waals surface area contributed by atoms with Gasteiger partial charge in [0.05, 0.1) is 22.9 Å². The maximum Gasteiger partial charge on any atom is 0.454 e. The highest BCUT2D eigenvalue weighted by Crippen LogP contribution is 2.43. The molecule has 1 aromatic heterocycles. The van der Waals surface area contributed by atoms with Crippen molar-refractivity contribution in [3.63, 3.8) is 0 Å². The molecule has 11 heteroatoms. The number of alkyl halides is 5. The zero-order valence-electron chi connectivity index (χ0n) is 20.7. The van der Waals surface area contributed by atoms with Gasteiger partial charge in [-0.25, -0.2) is 13.8 Å². The van der Waals surface area contributed by atoms with Crippen molar-refractivity contribution in [2.24, 2.45) is 17.8 Å². The highest BCUT2D eigenvalue weighted by atomic mass is 32.1. The molecule has 2 aliphatic rings. The molecule has 1 aliphatic carbocycles. The molecule has 210 valence electrons. The third kappa shape index (κ3) is 5.94. The molecular formula is C28H26F7NO2S. The van der Waals surface area contributed by atoms with Crippen molar-refractivity contribution in [3.05, 3.63) is 70.8 Å². The van der Waals surface area contributed by atoms with Gasteiger partial charge in [0, 0.05) is 12.1 Å². The second kappa shape index (κ2) is 10.7. The van der Waals surface area contributed by atoms with Crippen LogP contribution in [0.4, 0.5) is 30.7 Å². The minimum atomic E-state index is -5.33. The van der Waals surface area contributed by atoms with Crippen LogP contribution in [-0.4, -0.2) is 11.6 Å². The molecule has 1 aliphatic heterocycles. The van der Waals surface area contributed by atoms with Crippen LogP contribution in [0, 0.1) is 29.4 Å². The fourth-order valence-electron chi connectivity index (χ4n) is 5.60. The molecule has 5 rings (SSSR count). The van der Waals surface area contributed by atoms with Gasteiger partial charge in [-0.05, 0) is 74.0 Å². The van der Waals surface area contributed by atoms with Crippen molar-refractivity contribution in [2.75, 3.05) is 6.61 Å². The third-order valence-corrected chi connectivity index (χ3v) is 8.78. The first-order valence-electron chi connectivity index (χ1n) is 12.7. The van der Waals surface area contributed by atoms with Gasteiger partial charge in [0.25, 0.3) is 0 Å². The van der Waals surface area contributed by atoms with Crippen molar-refractivity contribution in [1.29, 1.82) is 0 Å². The van der Waals surface area contributed by atoms with Crippen molar-refractivity contribution < 1.29 is 40.2 Å². The quantitative estimate of drug-likeness (QED) is 0.218. The molecule has 1 saturated carbocycles. The molecule has 3 nitrogen and oxygen atoms in total. The Hall–Kier alpha value is -2.66. The van der Waals surface area contributed by atoms with E-state index in [1.54, 1.807) is 18.2 Å². The van der Waals surface area contributed by atoms with E-state index >= 15 is 0 Å². The summed E-state index contributed by atoms with van der Waals surface area (Å²) in [7, 11) is 0. The van der Waals surface area contributed by atoms with Crippen LogP contribution in [0.25, 0.3) is 10.2 Å². The Bertz CT molecular complexity index is 1320. The number of thiazole rings is 1. The Morgan fingerprint density at radius 2 is 1.59 bits per heavy atom. The first kappa shape index (κ1) is 27.9. The number of hydrogen-bond donors (Lipinski definition) is 0. The molecule has 2 fully saturated rings. The van der Waals surface area contributed by atoms with Crippen molar-refractivity contribution in [2.45, 2.75) is 56.9 Å². The van der Waals surface area contributed by atoms with E-state index in [-0.39, 0.29) is 23.8 Å². The molecule has 3 aromatic rings. The Balaban J connectivity index is 1.27. The summed E-state index contributed by atoms with van der Waals surface area (Å²) in [6.07, 6.45) is -1.09. The SMILES string of the molecule is C=CC1CCC(C2CCC(c3ccc4nc(C(F)(F)Oc5cc(F)c(C(F)(F)F)c(F)c5)sc4c3)OC2)CC1. The third-order valence-electron chi connectivity index (χ3n) is 7.71. The molecule has 0 N–H and O–H groups in total. The molecule has 0 bridgehead atoms. The number of nitrogens with zero attached hydrogens (tertiary/aromatic N) is 1. The number of aromatic nitrogens is 1. The van der Waals surface area contributed by atoms with Gasteiger partial charge in [0.15, 0.2) is 0 Å². The Kier molecular flexibility index (Phi) is 7.67. The summed E-state index contributed by atoms with van der Waals surface area (Å²) >= 11 is 0.626. The van der Waals surface area contributed by atoms with Gasteiger partial charge in [0.1, 0.15) is 22.9 Å². The molecule has 0 spiro atoms. The average Bonchev–Trinajstić information content (AvgIpc) is 3.32. The fourth-order valence-corrected chi connectivity index (χ4v) is 6.52. The number of fused-ring (bicyclic) bond motifs is 1. The summed E-state index contributed by atoms with van der Waals surface area (Å²) in [5.41, 5.74) is -1.08. The molecule has 2 unspecified atom stereocenters. The summed E-state index contributed by atoms with van der Waals surface area (Å²) in [4.78, 5) is 3.88. The van der Waals surface area contributed by atoms with Crippen LogP contribution in [0.3, 0.4) is 0 Å². The number of halogens is 7. The second-order valence-corrected chi connectivity index (χ2v) is 11.2. The molecular weight excluding hydrogens is 547 g/mol. The number of hydrogen-bond acceptors (Lipinski definition) is 4. The van der Waals surface area contributed by atoms with Gasteiger partial charge >= 0.3 is 12.3 Å². The van der Waals surface area contributed by atoms with Crippen LogP contribution in [0.15, 0.2) is 43.0 Å². The Morgan fingerprint density at radius 3 is 2.18 bits per heavy atom. The Morgan fingerprint density at radius 1 is 0.923 bits per heavy atom. The molecule has 39 heavy (non-hydrogen) atoms. The van der Waals surface area contributed by atoms with Gasteiger partial charge in [-0.2, -0.15) is 22.0 Å². The van der Waals surface area contributed by atoms with E-state index in [9.17, 15) is 30.7 Å². The zero-order chi connectivity index (χ0) is 27.9. The van der Waals surface area contributed by atoms with Gasteiger partial charge < -0.3 is 9.47 Å². The zero-order valence-corrected chi connectivity index (χ0v) is 21.6. The summed E-state index contributed by atoms with van der Waals surface area (Å²) in [6, 6.07) is 5.23. The van der Waals surface area contributed by atoms with E-state index in [0.29, 0.717) is 40.4 Å². The average molecular weight is 574 g/mol. The molecule has 0 radical (unpaired) electrons. The van der Waals surface area contributed by atoms with Crippen LogP contribution in [0.1, 0.15) is 60.8 Å². The number of benzene rings is 2. The lowest BCUT2D eigenvalue weighted by Crippen LogP contribution is -2.29. The van der Waals surface area contributed by atoms with Gasteiger partial charge in [-0.15, -0.1) is 17.9 Å². The fraction of sp³-hybridized carbons (Fsp3) is 0.464. The highest BCUT2D eigenvalue weighted by Gasteiger charge is 2.42. The standard InChI is InChI=1S/C28H26F7NO2S/c1-2-15-3-5-16(6-4-15)18-8-10-23(37-14-18)17-7-9-22-24(11-17)39-26(36-22)28(34,35)38-19-12-20(29)25(21(30)13-19)27(31,32)33/h2,7,9,11-13,15-16,18,23H,1,3-6,8,10,14H2. The van der Waals surface area contributed by atoms with Crippen LogP contribution >= 0.6 is 11.3 Å². The van der Waals surface area contributed by atoms with Crippen LogP contribution in [0.5, 0.6) is 5.75 Å². The maximum atomic E-state index is 14.8. The van der Waals surface area contributed by atoms with Crippen molar-refractivity contribution >= 4 is 21.6 Å². The predicted octanol–water partition coefficient (Wildman–Crippen LogP) is 9.18. The number of allylic oxidation sites excluding steroid dienone is 1. The largest absolute Gasteiger partial charge is 0.454 e. The van der Waals surface area contributed by atoms with E-state index in [1.165, 1.54) is 12.8 Å².